The van der Waals surface area contributed by atoms with Crippen molar-refractivity contribution in [1.82, 2.24) is 0 Å². The van der Waals surface area contributed by atoms with E-state index in [9.17, 15) is 4.79 Å². The van der Waals surface area contributed by atoms with Gasteiger partial charge in [-0.3, -0.25) is 4.79 Å². The molecule has 0 aliphatic rings. The van der Waals surface area contributed by atoms with E-state index in [0.29, 0.717) is 18.8 Å². The minimum Gasteiger partial charge on any atom is -0.494 e. The molecule has 0 saturated heterocycles. The number of halogens is 1. The van der Waals surface area contributed by atoms with Gasteiger partial charge < -0.3 is 14.8 Å². The van der Waals surface area contributed by atoms with Crippen LogP contribution in [0, 0.1) is 0 Å². The summed E-state index contributed by atoms with van der Waals surface area (Å²) in [7, 11) is 0. The minimum absolute atomic E-state index is 0.173. The maximum absolute atomic E-state index is 12.2. The van der Waals surface area contributed by atoms with Crippen molar-refractivity contribution in [2.24, 2.45) is 0 Å². The molecule has 0 aliphatic heterocycles. The van der Waals surface area contributed by atoms with Gasteiger partial charge >= 0.3 is 0 Å². The van der Waals surface area contributed by atoms with Crippen LogP contribution in [0.4, 0.5) is 5.69 Å². The summed E-state index contributed by atoms with van der Waals surface area (Å²) < 4.78 is 11.6. The van der Waals surface area contributed by atoms with E-state index in [1.807, 2.05) is 38.1 Å². The van der Waals surface area contributed by atoms with Crippen molar-refractivity contribution in [3.05, 3.63) is 52.5 Å². The van der Waals surface area contributed by atoms with Crippen LogP contribution in [0.5, 0.6) is 11.5 Å². The third-order valence-electron chi connectivity index (χ3n) is 2.92. The fraction of sp³-hybridized carbons (Fsp3) is 0.235. The molecule has 2 aromatic rings. The zero-order valence-corrected chi connectivity index (χ0v) is 14.1. The van der Waals surface area contributed by atoms with E-state index in [0.717, 1.165) is 21.7 Å². The minimum atomic E-state index is -0.173. The molecule has 2 aromatic carbocycles. The van der Waals surface area contributed by atoms with Gasteiger partial charge in [-0.2, -0.15) is 0 Å². The third-order valence-corrected chi connectivity index (χ3v) is 3.54. The van der Waals surface area contributed by atoms with Crippen LogP contribution in [0.25, 0.3) is 0 Å². The van der Waals surface area contributed by atoms with E-state index in [-0.39, 0.29) is 5.91 Å². The smallest absolute Gasteiger partial charge is 0.255 e. The second-order valence-corrected chi connectivity index (χ2v) is 5.34. The molecule has 0 aromatic heterocycles. The molecule has 0 bridgehead atoms. The molecule has 116 valence electrons. The number of hydrogen-bond donors (Lipinski definition) is 1. The van der Waals surface area contributed by atoms with E-state index in [4.69, 9.17) is 9.47 Å². The van der Waals surface area contributed by atoms with Gasteiger partial charge in [0.2, 0.25) is 0 Å². The molecule has 4 nitrogen and oxygen atoms in total. The molecule has 2 rings (SSSR count). The highest BCUT2D eigenvalue weighted by molar-refractivity contribution is 9.10. The molecule has 0 aliphatic carbocycles. The van der Waals surface area contributed by atoms with Crippen molar-refractivity contribution in [1.29, 1.82) is 0 Å². The highest BCUT2D eigenvalue weighted by Crippen LogP contribution is 2.26. The summed E-state index contributed by atoms with van der Waals surface area (Å²) >= 11 is 3.41. The lowest BCUT2D eigenvalue weighted by molar-refractivity contribution is 0.102. The molecule has 0 spiro atoms. The average molecular weight is 364 g/mol. The first kappa shape index (κ1) is 16.4. The number of carbonyl (C=O) groups excluding carboxylic acids is 1. The van der Waals surface area contributed by atoms with Gasteiger partial charge in [0.25, 0.3) is 5.91 Å². The fourth-order valence-electron chi connectivity index (χ4n) is 1.92. The predicted molar refractivity (Wildman–Crippen MR) is 90.9 cm³/mol. The van der Waals surface area contributed by atoms with E-state index < -0.39 is 0 Å². The lowest BCUT2D eigenvalue weighted by atomic mass is 10.2. The van der Waals surface area contributed by atoms with Gasteiger partial charge in [0.1, 0.15) is 11.5 Å². The third kappa shape index (κ3) is 4.24. The first-order valence-electron chi connectivity index (χ1n) is 7.10. The molecule has 0 atom stereocenters. The van der Waals surface area contributed by atoms with Crippen LogP contribution in [-0.2, 0) is 0 Å². The second kappa shape index (κ2) is 7.84. The largest absolute Gasteiger partial charge is 0.494 e. The van der Waals surface area contributed by atoms with Crippen molar-refractivity contribution < 1.29 is 14.3 Å². The van der Waals surface area contributed by atoms with E-state index in [2.05, 4.69) is 21.2 Å². The van der Waals surface area contributed by atoms with Gasteiger partial charge in [-0.1, -0.05) is 0 Å². The van der Waals surface area contributed by atoms with Crippen molar-refractivity contribution >= 4 is 27.5 Å². The van der Waals surface area contributed by atoms with Crippen LogP contribution in [-0.4, -0.2) is 19.1 Å². The van der Waals surface area contributed by atoms with Gasteiger partial charge in [0.15, 0.2) is 0 Å². The molecule has 0 unspecified atom stereocenters. The Morgan fingerprint density at radius 2 is 1.73 bits per heavy atom. The highest BCUT2D eigenvalue weighted by Gasteiger charge is 2.09. The summed E-state index contributed by atoms with van der Waals surface area (Å²) in [6.45, 7) is 5.04. The van der Waals surface area contributed by atoms with Gasteiger partial charge in [0.05, 0.1) is 17.7 Å². The Morgan fingerprint density at radius 1 is 1.05 bits per heavy atom. The first-order valence-corrected chi connectivity index (χ1v) is 7.90. The summed E-state index contributed by atoms with van der Waals surface area (Å²) in [5, 5.41) is 2.85. The van der Waals surface area contributed by atoms with Crippen molar-refractivity contribution in [3.8, 4) is 11.5 Å². The number of anilines is 1. The van der Waals surface area contributed by atoms with E-state index >= 15 is 0 Å². The number of carbonyl (C=O) groups is 1. The van der Waals surface area contributed by atoms with Gasteiger partial charge in [0, 0.05) is 11.3 Å². The maximum Gasteiger partial charge on any atom is 0.255 e. The van der Waals surface area contributed by atoms with Crippen LogP contribution in [0.2, 0.25) is 0 Å². The second-order valence-electron chi connectivity index (χ2n) is 4.49. The molecule has 1 amide bonds. The number of amides is 1. The van der Waals surface area contributed by atoms with Crippen LogP contribution in [0.3, 0.4) is 0 Å². The Labute approximate surface area is 138 Å². The predicted octanol–water partition coefficient (Wildman–Crippen LogP) is 4.50. The topological polar surface area (TPSA) is 47.6 Å². The Morgan fingerprint density at radius 3 is 2.32 bits per heavy atom. The van der Waals surface area contributed by atoms with Crippen molar-refractivity contribution in [2.45, 2.75) is 13.8 Å². The Balaban J connectivity index is 2.06. The molecule has 22 heavy (non-hydrogen) atoms. The molecule has 1 N–H and O–H groups in total. The van der Waals surface area contributed by atoms with E-state index in [1.54, 1.807) is 18.2 Å². The number of benzene rings is 2. The highest BCUT2D eigenvalue weighted by atomic mass is 79.9. The monoisotopic (exact) mass is 363 g/mol. The number of rotatable bonds is 6. The zero-order valence-electron chi connectivity index (χ0n) is 12.6. The van der Waals surface area contributed by atoms with Crippen LogP contribution in [0.1, 0.15) is 24.2 Å². The molecule has 0 heterocycles. The zero-order chi connectivity index (χ0) is 15.9. The van der Waals surface area contributed by atoms with Crippen LogP contribution >= 0.6 is 15.9 Å². The quantitative estimate of drug-likeness (QED) is 0.821. The summed E-state index contributed by atoms with van der Waals surface area (Å²) in [5.41, 5.74) is 1.28. The normalized spacial score (nSPS) is 10.1. The van der Waals surface area contributed by atoms with Crippen LogP contribution in [0.15, 0.2) is 46.9 Å². The fourth-order valence-corrected chi connectivity index (χ4v) is 2.41. The molecule has 0 radical (unpaired) electrons. The van der Waals surface area contributed by atoms with E-state index in [1.165, 1.54) is 0 Å². The lowest BCUT2D eigenvalue weighted by Gasteiger charge is -2.09. The van der Waals surface area contributed by atoms with Gasteiger partial charge in [-0.25, -0.2) is 0 Å². The SMILES string of the molecule is CCOc1ccc(NC(=O)c2ccc(OCC)c(Br)c2)cc1. The number of nitrogens with one attached hydrogen (secondary N) is 1. The van der Waals surface area contributed by atoms with Crippen molar-refractivity contribution in [3.63, 3.8) is 0 Å². The molecule has 0 saturated carbocycles. The average Bonchev–Trinajstić information content (AvgIpc) is 2.51. The Bertz CT molecular complexity index is 641. The van der Waals surface area contributed by atoms with Gasteiger partial charge in [-0.15, -0.1) is 0 Å². The molecule has 0 fully saturated rings. The van der Waals surface area contributed by atoms with Crippen LogP contribution < -0.4 is 14.8 Å². The number of hydrogen-bond acceptors (Lipinski definition) is 3. The summed E-state index contributed by atoms with van der Waals surface area (Å²) in [5.74, 6) is 1.33. The standard InChI is InChI=1S/C17H18BrNO3/c1-3-21-14-8-6-13(7-9-14)19-17(20)12-5-10-16(22-4-2)15(18)11-12/h5-11H,3-4H2,1-2H3,(H,19,20). The summed E-state index contributed by atoms with van der Waals surface area (Å²) in [6.07, 6.45) is 0. The number of ether oxygens (including phenoxy) is 2. The lowest BCUT2D eigenvalue weighted by Crippen LogP contribution is -2.12. The molecule has 5 heteroatoms. The van der Waals surface area contributed by atoms with Gasteiger partial charge in [-0.05, 0) is 72.2 Å². The molecular weight excluding hydrogens is 346 g/mol. The Kier molecular flexibility index (Phi) is 5.83. The summed E-state index contributed by atoms with van der Waals surface area (Å²) in [4.78, 5) is 12.2. The molecular formula is C17H18BrNO3. The van der Waals surface area contributed by atoms with Crippen molar-refractivity contribution in [2.75, 3.05) is 18.5 Å². The Hall–Kier alpha value is -2.01. The first-order chi connectivity index (χ1) is 10.6. The summed E-state index contributed by atoms with van der Waals surface area (Å²) in [6, 6.07) is 12.5. The maximum atomic E-state index is 12.2.